The number of urea groups is 1. The number of benzodiazepines with no additional fused rings is 1. The minimum Gasteiger partial charge on any atom is -0.376 e. The smallest absolute Gasteiger partial charge is 0.321 e. The molecule has 0 saturated carbocycles. The van der Waals surface area contributed by atoms with Gasteiger partial charge in [-0.05, 0) is 30.7 Å². The lowest BCUT2D eigenvalue weighted by molar-refractivity contribution is -0.120. The number of aliphatic imine (C=N–C) groups is 1. The minimum atomic E-state index is -1.21. The van der Waals surface area contributed by atoms with Gasteiger partial charge < -0.3 is 15.7 Å². The number of nitrogens with zero attached hydrogens (tertiary/aromatic N) is 2. The number of aliphatic hydroxyl groups excluding tert-OH is 1. The summed E-state index contributed by atoms with van der Waals surface area (Å²) in [6.45, 7) is 1.38. The van der Waals surface area contributed by atoms with E-state index in [9.17, 15) is 14.7 Å². The molecule has 0 aliphatic carbocycles. The molecule has 1 aliphatic heterocycles. The summed E-state index contributed by atoms with van der Waals surface area (Å²) in [6.07, 6.45) is -1.21. The summed E-state index contributed by atoms with van der Waals surface area (Å²) in [4.78, 5) is 31.6. The summed E-state index contributed by atoms with van der Waals surface area (Å²) in [7, 11) is 0. The summed E-state index contributed by atoms with van der Waals surface area (Å²) in [5.74, 6) is -0.528. The van der Waals surface area contributed by atoms with Crippen molar-refractivity contribution < 1.29 is 14.7 Å². The molecule has 3 amide bonds. The molecular weight excluding hydrogens is 392 g/mol. The van der Waals surface area contributed by atoms with Crippen molar-refractivity contribution in [3.05, 3.63) is 95.6 Å². The zero-order valence-electron chi connectivity index (χ0n) is 16.9. The summed E-state index contributed by atoms with van der Waals surface area (Å²) in [6, 6.07) is 23.4. The van der Waals surface area contributed by atoms with Crippen LogP contribution in [0.25, 0.3) is 0 Å². The third kappa shape index (κ3) is 4.31. The molecule has 1 unspecified atom stereocenters. The van der Waals surface area contributed by atoms with Crippen LogP contribution >= 0.6 is 0 Å². The maximum absolute atomic E-state index is 13.2. The molecule has 1 heterocycles. The van der Waals surface area contributed by atoms with E-state index in [4.69, 9.17) is 0 Å². The number of hydrogen-bond donors (Lipinski definition) is 3. The zero-order valence-corrected chi connectivity index (χ0v) is 16.9. The third-order valence-corrected chi connectivity index (χ3v) is 4.94. The highest BCUT2D eigenvalue weighted by Gasteiger charge is 2.32. The molecule has 3 aromatic carbocycles. The van der Waals surface area contributed by atoms with Gasteiger partial charge in [0.1, 0.15) is 6.73 Å². The lowest BCUT2D eigenvalue weighted by atomic mass is 10.0. The number of aliphatic hydroxyl groups is 1. The Hall–Kier alpha value is -3.97. The maximum Gasteiger partial charge on any atom is 0.321 e. The second kappa shape index (κ2) is 8.81. The summed E-state index contributed by atoms with van der Waals surface area (Å²) < 4.78 is 0. The second-order valence-corrected chi connectivity index (χ2v) is 7.14. The van der Waals surface area contributed by atoms with Crippen molar-refractivity contribution >= 4 is 29.0 Å². The van der Waals surface area contributed by atoms with Crippen LogP contribution in [0, 0.1) is 6.92 Å². The molecule has 31 heavy (non-hydrogen) atoms. The molecule has 0 fully saturated rings. The van der Waals surface area contributed by atoms with E-state index in [1.807, 2.05) is 67.6 Å². The van der Waals surface area contributed by atoms with Crippen LogP contribution in [-0.2, 0) is 4.79 Å². The van der Waals surface area contributed by atoms with E-state index in [0.717, 1.165) is 11.1 Å². The summed E-state index contributed by atoms with van der Waals surface area (Å²) in [5, 5.41) is 15.3. The molecule has 0 saturated heterocycles. The lowest BCUT2D eigenvalue weighted by Gasteiger charge is -2.23. The molecule has 4 rings (SSSR count). The highest BCUT2D eigenvalue weighted by Crippen LogP contribution is 2.27. The normalized spacial score (nSPS) is 15.5. The van der Waals surface area contributed by atoms with Gasteiger partial charge in [-0.3, -0.25) is 9.69 Å². The summed E-state index contributed by atoms with van der Waals surface area (Å²) in [5.41, 5.74) is 4.18. The number of carbonyl (C=O) groups is 2. The standard InChI is InChI=1S/C24H22N4O3/c1-16-8-7-11-18(14-16)25-24(31)27-22-23(30)28(15-29)20-13-6-5-12-19(20)21(26-22)17-9-3-2-4-10-17/h2-14,22,29H,15H2,1H3,(H2,25,27,31). The highest BCUT2D eigenvalue weighted by atomic mass is 16.3. The largest absolute Gasteiger partial charge is 0.376 e. The predicted octanol–water partition coefficient (Wildman–Crippen LogP) is 3.28. The van der Waals surface area contributed by atoms with Crippen molar-refractivity contribution in [1.29, 1.82) is 0 Å². The number of para-hydroxylation sites is 1. The van der Waals surface area contributed by atoms with Crippen LogP contribution in [0.4, 0.5) is 16.2 Å². The van der Waals surface area contributed by atoms with E-state index >= 15 is 0 Å². The van der Waals surface area contributed by atoms with Crippen LogP contribution in [0.3, 0.4) is 0 Å². The number of nitrogens with one attached hydrogen (secondary N) is 2. The Bertz CT molecular complexity index is 1140. The van der Waals surface area contributed by atoms with Crippen LogP contribution < -0.4 is 15.5 Å². The van der Waals surface area contributed by atoms with Gasteiger partial charge in [-0.25, -0.2) is 9.79 Å². The molecule has 0 aromatic heterocycles. The number of anilines is 2. The molecule has 0 spiro atoms. The highest BCUT2D eigenvalue weighted by molar-refractivity contribution is 6.20. The molecule has 7 nitrogen and oxygen atoms in total. The first-order chi connectivity index (χ1) is 15.1. The number of amides is 3. The van der Waals surface area contributed by atoms with Crippen LogP contribution in [-0.4, -0.2) is 35.7 Å². The number of benzene rings is 3. The lowest BCUT2D eigenvalue weighted by Crippen LogP contribution is -2.48. The van der Waals surface area contributed by atoms with Crippen LogP contribution in [0.5, 0.6) is 0 Å². The molecule has 156 valence electrons. The molecule has 1 atom stereocenters. The first-order valence-electron chi connectivity index (χ1n) is 9.86. The molecular formula is C24H22N4O3. The fraction of sp³-hybridized carbons (Fsp3) is 0.125. The van der Waals surface area contributed by atoms with E-state index in [-0.39, 0.29) is 0 Å². The Balaban J connectivity index is 1.71. The van der Waals surface area contributed by atoms with Gasteiger partial charge >= 0.3 is 6.03 Å². The van der Waals surface area contributed by atoms with Crippen molar-refractivity contribution in [3.8, 4) is 0 Å². The van der Waals surface area contributed by atoms with Gasteiger partial charge in [0.25, 0.3) is 5.91 Å². The molecule has 1 aliphatic rings. The minimum absolute atomic E-state index is 0.528. The molecule has 0 bridgehead atoms. The van der Waals surface area contributed by atoms with E-state index in [1.165, 1.54) is 4.90 Å². The van der Waals surface area contributed by atoms with Crippen LogP contribution in [0.2, 0.25) is 0 Å². The average Bonchev–Trinajstić information content (AvgIpc) is 2.89. The number of aryl methyl sites for hydroxylation is 1. The quantitative estimate of drug-likeness (QED) is 0.612. The molecule has 7 heteroatoms. The number of rotatable bonds is 4. The van der Waals surface area contributed by atoms with Crippen molar-refractivity contribution in [2.75, 3.05) is 16.9 Å². The van der Waals surface area contributed by atoms with Crippen LogP contribution in [0.1, 0.15) is 16.7 Å². The SMILES string of the molecule is Cc1cccc(NC(=O)NC2N=C(c3ccccc3)c3ccccc3N(CO)C2=O)c1. The number of fused-ring (bicyclic) bond motifs is 1. The Morgan fingerprint density at radius 2 is 1.77 bits per heavy atom. The number of hydrogen-bond acceptors (Lipinski definition) is 4. The predicted molar refractivity (Wildman–Crippen MR) is 120 cm³/mol. The van der Waals surface area contributed by atoms with E-state index < -0.39 is 24.8 Å². The average molecular weight is 414 g/mol. The topological polar surface area (TPSA) is 94.0 Å². The van der Waals surface area contributed by atoms with Crippen molar-refractivity contribution in [2.45, 2.75) is 13.1 Å². The first-order valence-corrected chi connectivity index (χ1v) is 9.86. The molecule has 3 N–H and O–H groups in total. The van der Waals surface area contributed by atoms with Gasteiger partial charge in [-0.1, -0.05) is 60.7 Å². The molecule has 0 radical (unpaired) electrons. The monoisotopic (exact) mass is 414 g/mol. The van der Waals surface area contributed by atoms with Gasteiger partial charge in [0, 0.05) is 16.8 Å². The van der Waals surface area contributed by atoms with Gasteiger partial charge in [-0.2, -0.15) is 0 Å². The van der Waals surface area contributed by atoms with E-state index in [0.29, 0.717) is 22.6 Å². The summed E-state index contributed by atoms with van der Waals surface area (Å²) >= 11 is 0. The number of carbonyl (C=O) groups excluding carboxylic acids is 2. The van der Waals surface area contributed by atoms with E-state index in [2.05, 4.69) is 15.6 Å². The fourth-order valence-electron chi connectivity index (χ4n) is 3.51. The first kappa shape index (κ1) is 20.3. The maximum atomic E-state index is 13.2. The van der Waals surface area contributed by atoms with Gasteiger partial charge in [0.15, 0.2) is 0 Å². The Morgan fingerprint density at radius 1 is 1.03 bits per heavy atom. The van der Waals surface area contributed by atoms with Crippen LogP contribution in [0.15, 0.2) is 83.9 Å². The van der Waals surface area contributed by atoms with Gasteiger partial charge in [-0.15, -0.1) is 0 Å². The Morgan fingerprint density at radius 3 is 2.52 bits per heavy atom. The van der Waals surface area contributed by atoms with Crippen molar-refractivity contribution in [2.24, 2.45) is 4.99 Å². The Labute approximate surface area is 180 Å². The zero-order chi connectivity index (χ0) is 21.8. The molecule has 3 aromatic rings. The third-order valence-electron chi connectivity index (χ3n) is 4.94. The van der Waals surface area contributed by atoms with Gasteiger partial charge in [0.2, 0.25) is 6.17 Å². The van der Waals surface area contributed by atoms with Crippen molar-refractivity contribution in [3.63, 3.8) is 0 Å². The second-order valence-electron chi connectivity index (χ2n) is 7.14. The van der Waals surface area contributed by atoms with E-state index in [1.54, 1.807) is 18.2 Å². The van der Waals surface area contributed by atoms with Gasteiger partial charge in [0.05, 0.1) is 11.4 Å². The van der Waals surface area contributed by atoms with Crippen molar-refractivity contribution in [1.82, 2.24) is 5.32 Å². The Kier molecular flexibility index (Phi) is 5.77. The fourth-order valence-corrected chi connectivity index (χ4v) is 3.51.